The van der Waals surface area contributed by atoms with Crippen LogP contribution in [0.25, 0.3) is 10.8 Å². The first-order chi connectivity index (χ1) is 10.1. The van der Waals surface area contributed by atoms with E-state index in [1.807, 2.05) is 43.3 Å². The molecule has 0 amide bonds. The highest BCUT2D eigenvalue weighted by atomic mass is 35.5. The fraction of sp³-hybridized carbons (Fsp3) is 0.105. The summed E-state index contributed by atoms with van der Waals surface area (Å²) in [6.45, 7) is 3.97. The minimum Gasteiger partial charge on any atom is -0.289 e. The number of hydrogen-bond acceptors (Lipinski definition) is 1. The van der Waals surface area contributed by atoms with Crippen molar-refractivity contribution in [3.05, 3.63) is 81.9 Å². The highest BCUT2D eigenvalue weighted by Crippen LogP contribution is 2.25. The van der Waals surface area contributed by atoms with Crippen molar-refractivity contribution >= 4 is 28.2 Å². The Labute approximate surface area is 129 Å². The number of ketones is 1. The lowest BCUT2D eigenvalue weighted by atomic mass is 9.94. The molecule has 0 atom stereocenters. The molecule has 1 nitrogen and oxygen atoms in total. The van der Waals surface area contributed by atoms with Gasteiger partial charge in [-0.1, -0.05) is 48.0 Å². The van der Waals surface area contributed by atoms with Gasteiger partial charge in [-0.25, -0.2) is 0 Å². The van der Waals surface area contributed by atoms with E-state index in [2.05, 4.69) is 13.0 Å². The van der Waals surface area contributed by atoms with Crippen LogP contribution < -0.4 is 0 Å². The summed E-state index contributed by atoms with van der Waals surface area (Å²) in [5.41, 5.74) is 3.50. The van der Waals surface area contributed by atoms with Crippen LogP contribution in [0.3, 0.4) is 0 Å². The molecule has 0 saturated carbocycles. The molecule has 0 heterocycles. The summed E-state index contributed by atoms with van der Waals surface area (Å²) < 4.78 is 0. The van der Waals surface area contributed by atoms with Crippen molar-refractivity contribution in [2.75, 3.05) is 0 Å². The number of carbonyl (C=O) groups is 1. The smallest absolute Gasteiger partial charge is 0.193 e. The molecule has 0 aliphatic heterocycles. The first-order valence-corrected chi connectivity index (χ1v) is 7.25. The standard InChI is InChI=1S/C19H15ClO/c1-12-7-9-17(16-6-4-3-5-15(12)16)19(21)14-8-10-18(20)13(2)11-14/h3-11H,1-2H3. The third-order valence-electron chi connectivity index (χ3n) is 3.81. The maximum absolute atomic E-state index is 12.8. The van der Waals surface area contributed by atoms with E-state index in [1.165, 1.54) is 5.56 Å². The second kappa shape index (κ2) is 5.34. The molecule has 104 valence electrons. The van der Waals surface area contributed by atoms with Gasteiger partial charge < -0.3 is 0 Å². The first-order valence-electron chi connectivity index (χ1n) is 6.87. The Hall–Kier alpha value is -2.12. The summed E-state index contributed by atoms with van der Waals surface area (Å²) in [5, 5.41) is 2.80. The van der Waals surface area contributed by atoms with Gasteiger partial charge in [-0.3, -0.25) is 4.79 Å². The second-order valence-corrected chi connectivity index (χ2v) is 5.68. The Kier molecular flexibility index (Phi) is 3.52. The number of hydrogen-bond donors (Lipinski definition) is 0. The average molecular weight is 295 g/mol. The van der Waals surface area contributed by atoms with E-state index in [4.69, 9.17) is 11.6 Å². The van der Waals surface area contributed by atoms with Gasteiger partial charge in [-0.05, 0) is 53.9 Å². The van der Waals surface area contributed by atoms with E-state index in [0.717, 1.165) is 21.9 Å². The summed E-state index contributed by atoms with van der Waals surface area (Å²) in [5.74, 6) is 0.0333. The van der Waals surface area contributed by atoms with Crippen LogP contribution in [-0.4, -0.2) is 5.78 Å². The molecule has 3 rings (SSSR count). The lowest BCUT2D eigenvalue weighted by molar-refractivity contribution is 0.104. The second-order valence-electron chi connectivity index (χ2n) is 5.27. The lowest BCUT2D eigenvalue weighted by Crippen LogP contribution is -2.03. The zero-order valence-electron chi connectivity index (χ0n) is 12.0. The summed E-state index contributed by atoms with van der Waals surface area (Å²) in [6.07, 6.45) is 0. The van der Waals surface area contributed by atoms with Gasteiger partial charge in [0.25, 0.3) is 0 Å². The zero-order chi connectivity index (χ0) is 15.0. The van der Waals surface area contributed by atoms with Crippen molar-refractivity contribution in [3.8, 4) is 0 Å². The molecule has 0 N–H and O–H groups in total. The Morgan fingerprint density at radius 2 is 1.57 bits per heavy atom. The minimum absolute atomic E-state index is 0.0333. The average Bonchev–Trinajstić information content (AvgIpc) is 2.50. The van der Waals surface area contributed by atoms with Gasteiger partial charge >= 0.3 is 0 Å². The molecule has 0 unspecified atom stereocenters. The van der Waals surface area contributed by atoms with Crippen molar-refractivity contribution in [3.63, 3.8) is 0 Å². The van der Waals surface area contributed by atoms with Crippen LogP contribution in [0.2, 0.25) is 5.02 Å². The largest absolute Gasteiger partial charge is 0.289 e. The topological polar surface area (TPSA) is 17.1 Å². The predicted octanol–water partition coefficient (Wildman–Crippen LogP) is 5.34. The van der Waals surface area contributed by atoms with E-state index in [1.54, 1.807) is 12.1 Å². The molecule has 0 spiro atoms. The summed E-state index contributed by atoms with van der Waals surface area (Å²) in [7, 11) is 0. The molecule has 3 aromatic carbocycles. The molecule has 0 aliphatic carbocycles. The lowest BCUT2D eigenvalue weighted by Gasteiger charge is -2.09. The number of carbonyl (C=O) groups excluding carboxylic acids is 1. The zero-order valence-corrected chi connectivity index (χ0v) is 12.7. The molecule has 0 aliphatic rings. The summed E-state index contributed by atoms with van der Waals surface area (Å²) >= 11 is 6.04. The molecule has 0 saturated heterocycles. The highest BCUT2D eigenvalue weighted by Gasteiger charge is 2.14. The van der Waals surface area contributed by atoms with E-state index in [-0.39, 0.29) is 5.78 Å². The van der Waals surface area contributed by atoms with Crippen LogP contribution in [0.15, 0.2) is 54.6 Å². The predicted molar refractivity (Wildman–Crippen MR) is 88.3 cm³/mol. The fourth-order valence-electron chi connectivity index (χ4n) is 2.59. The summed E-state index contributed by atoms with van der Waals surface area (Å²) in [6, 6.07) is 17.3. The van der Waals surface area contributed by atoms with Crippen molar-refractivity contribution in [1.29, 1.82) is 0 Å². The normalized spacial score (nSPS) is 10.8. The third-order valence-corrected chi connectivity index (χ3v) is 4.23. The number of rotatable bonds is 2. The Morgan fingerprint density at radius 1 is 0.857 bits per heavy atom. The molecule has 21 heavy (non-hydrogen) atoms. The molecule has 3 aromatic rings. The fourth-order valence-corrected chi connectivity index (χ4v) is 2.71. The maximum atomic E-state index is 12.8. The molecule has 0 bridgehead atoms. The number of aryl methyl sites for hydroxylation is 2. The Bertz CT molecular complexity index is 849. The molecule has 0 fully saturated rings. The minimum atomic E-state index is 0.0333. The first kappa shape index (κ1) is 13.8. The van der Waals surface area contributed by atoms with Crippen LogP contribution in [0.5, 0.6) is 0 Å². The van der Waals surface area contributed by atoms with Gasteiger partial charge in [0.1, 0.15) is 0 Å². The molecule has 0 aromatic heterocycles. The number of halogens is 1. The van der Waals surface area contributed by atoms with Gasteiger partial charge in [0, 0.05) is 16.1 Å². The number of benzene rings is 3. The van der Waals surface area contributed by atoms with Crippen LogP contribution in [0.1, 0.15) is 27.0 Å². The molecular formula is C19H15ClO. The van der Waals surface area contributed by atoms with Gasteiger partial charge in [0.05, 0.1) is 0 Å². The monoisotopic (exact) mass is 294 g/mol. The van der Waals surface area contributed by atoms with E-state index < -0.39 is 0 Å². The Morgan fingerprint density at radius 3 is 2.29 bits per heavy atom. The summed E-state index contributed by atoms with van der Waals surface area (Å²) in [4.78, 5) is 12.8. The van der Waals surface area contributed by atoms with Crippen LogP contribution in [0.4, 0.5) is 0 Å². The molecule has 0 radical (unpaired) electrons. The van der Waals surface area contributed by atoms with E-state index in [9.17, 15) is 4.79 Å². The third kappa shape index (κ3) is 2.45. The van der Waals surface area contributed by atoms with Gasteiger partial charge in [-0.2, -0.15) is 0 Å². The van der Waals surface area contributed by atoms with Crippen molar-refractivity contribution in [2.45, 2.75) is 13.8 Å². The van der Waals surface area contributed by atoms with Gasteiger partial charge in [-0.15, -0.1) is 0 Å². The molecular weight excluding hydrogens is 280 g/mol. The van der Waals surface area contributed by atoms with Crippen molar-refractivity contribution < 1.29 is 4.79 Å². The SMILES string of the molecule is Cc1cc(C(=O)c2ccc(C)c3ccccc23)ccc1Cl. The van der Waals surface area contributed by atoms with Gasteiger partial charge in [0.2, 0.25) is 0 Å². The van der Waals surface area contributed by atoms with Gasteiger partial charge in [0.15, 0.2) is 5.78 Å². The Balaban J connectivity index is 2.18. The molecule has 2 heteroatoms. The highest BCUT2D eigenvalue weighted by molar-refractivity contribution is 6.31. The van der Waals surface area contributed by atoms with Crippen LogP contribution >= 0.6 is 11.6 Å². The number of fused-ring (bicyclic) bond motifs is 1. The van der Waals surface area contributed by atoms with Crippen LogP contribution in [0, 0.1) is 13.8 Å². The van der Waals surface area contributed by atoms with E-state index in [0.29, 0.717) is 10.6 Å². The maximum Gasteiger partial charge on any atom is 0.193 e. The van der Waals surface area contributed by atoms with Crippen LogP contribution in [-0.2, 0) is 0 Å². The van der Waals surface area contributed by atoms with E-state index >= 15 is 0 Å². The quantitative estimate of drug-likeness (QED) is 0.583. The van der Waals surface area contributed by atoms with Crippen molar-refractivity contribution in [1.82, 2.24) is 0 Å². The van der Waals surface area contributed by atoms with Crippen molar-refractivity contribution in [2.24, 2.45) is 0 Å².